The van der Waals surface area contributed by atoms with Crippen LogP contribution in [0.3, 0.4) is 0 Å². The maximum absolute atomic E-state index is 13.8. The lowest BCUT2D eigenvalue weighted by atomic mass is 10.0. The zero-order valence-electron chi connectivity index (χ0n) is 28.0. The molecule has 0 N–H and O–H groups in total. The summed E-state index contributed by atoms with van der Waals surface area (Å²) in [7, 11) is 3.64. The molecule has 12 heteroatoms. The molecule has 0 atom stereocenters. The predicted molar refractivity (Wildman–Crippen MR) is 178 cm³/mol. The first-order chi connectivity index (χ1) is 22.7. The Morgan fingerprint density at radius 2 is 1.31 bits per heavy atom. The number of benzene rings is 2. The van der Waals surface area contributed by atoms with E-state index in [0.717, 1.165) is 78.8 Å². The molecule has 2 saturated carbocycles. The zero-order chi connectivity index (χ0) is 34.8. The lowest BCUT2D eigenvalue weighted by Crippen LogP contribution is -2.32. The molecule has 6 nitrogen and oxygen atoms in total. The molecule has 0 spiro atoms. The van der Waals surface area contributed by atoms with Gasteiger partial charge in [-0.25, -0.2) is 15.0 Å². The van der Waals surface area contributed by atoms with Gasteiger partial charge in [-0.15, -0.1) is 0 Å². The van der Waals surface area contributed by atoms with Crippen LogP contribution in [-0.2, 0) is 25.4 Å². The van der Waals surface area contributed by atoms with Gasteiger partial charge in [-0.05, 0) is 79.8 Å². The summed E-state index contributed by atoms with van der Waals surface area (Å²) in [6.07, 6.45) is -2.14. The molecule has 0 saturated heterocycles. The van der Waals surface area contributed by atoms with Gasteiger partial charge in [0.25, 0.3) is 0 Å². The SMILES string of the molecule is CC.Cc1cccc2cc(CN(Cc3cc(C(F)(F)F)cc(C(F)(F)F)c3)c3ncc(N(C)C)cn3)c(N(CC3CC3)CC3CC3)nc12. The third-order valence-electron chi connectivity index (χ3n) is 8.56. The molecular weight excluding hydrogens is 630 g/mol. The van der Waals surface area contributed by atoms with Gasteiger partial charge in [-0.2, -0.15) is 26.3 Å². The van der Waals surface area contributed by atoms with E-state index >= 15 is 0 Å². The number of alkyl halides is 6. The summed E-state index contributed by atoms with van der Waals surface area (Å²) in [6.45, 7) is 7.54. The van der Waals surface area contributed by atoms with Gasteiger partial charge >= 0.3 is 12.4 Å². The van der Waals surface area contributed by atoms with Crippen molar-refractivity contribution in [3.05, 3.63) is 82.7 Å². The van der Waals surface area contributed by atoms with Crippen LogP contribution in [0.2, 0.25) is 0 Å². The molecule has 2 aromatic carbocycles. The van der Waals surface area contributed by atoms with Crippen molar-refractivity contribution in [2.24, 2.45) is 11.8 Å². The van der Waals surface area contributed by atoms with Crippen molar-refractivity contribution in [3.63, 3.8) is 0 Å². The van der Waals surface area contributed by atoms with Crippen molar-refractivity contribution in [3.8, 4) is 0 Å². The van der Waals surface area contributed by atoms with Crippen LogP contribution < -0.4 is 14.7 Å². The largest absolute Gasteiger partial charge is 0.416 e. The van der Waals surface area contributed by atoms with E-state index in [0.29, 0.717) is 17.5 Å². The van der Waals surface area contributed by atoms with Crippen LogP contribution in [-0.4, -0.2) is 42.1 Å². The Morgan fingerprint density at radius 3 is 1.81 bits per heavy atom. The minimum atomic E-state index is -4.95. The number of hydrogen-bond donors (Lipinski definition) is 0. The number of hydrogen-bond acceptors (Lipinski definition) is 6. The van der Waals surface area contributed by atoms with E-state index in [2.05, 4.69) is 14.9 Å². The molecule has 6 rings (SSSR count). The molecule has 4 aromatic rings. The second kappa shape index (κ2) is 14.2. The fourth-order valence-electron chi connectivity index (χ4n) is 5.69. The molecule has 0 radical (unpaired) electrons. The molecule has 258 valence electrons. The number of anilines is 3. The highest BCUT2D eigenvalue weighted by Crippen LogP contribution is 2.39. The van der Waals surface area contributed by atoms with Gasteiger partial charge < -0.3 is 14.7 Å². The molecule has 0 bridgehead atoms. The smallest absolute Gasteiger partial charge is 0.375 e. The van der Waals surface area contributed by atoms with Gasteiger partial charge in [-0.1, -0.05) is 32.0 Å². The molecule has 0 unspecified atom stereocenters. The van der Waals surface area contributed by atoms with Gasteiger partial charge in [-0.3, -0.25) is 0 Å². The third-order valence-corrected chi connectivity index (χ3v) is 8.56. The normalized spacial score (nSPS) is 14.8. The van der Waals surface area contributed by atoms with E-state index < -0.39 is 23.5 Å². The topological polar surface area (TPSA) is 48.4 Å². The number of nitrogens with zero attached hydrogens (tertiary/aromatic N) is 6. The summed E-state index contributed by atoms with van der Waals surface area (Å²) in [5, 5.41) is 0.902. The van der Waals surface area contributed by atoms with Crippen LogP contribution in [0, 0.1) is 18.8 Å². The van der Waals surface area contributed by atoms with Crippen molar-refractivity contribution >= 4 is 28.4 Å². The first-order valence-corrected chi connectivity index (χ1v) is 16.4. The maximum Gasteiger partial charge on any atom is 0.416 e. The Balaban J connectivity index is 0.00000221. The first kappa shape index (κ1) is 35.2. The number of pyridine rings is 1. The Labute approximate surface area is 277 Å². The second-order valence-electron chi connectivity index (χ2n) is 12.8. The van der Waals surface area contributed by atoms with E-state index in [-0.39, 0.29) is 30.7 Å². The van der Waals surface area contributed by atoms with Crippen molar-refractivity contribution in [2.75, 3.05) is 41.9 Å². The Hall–Kier alpha value is -4.09. The number of aromatic nitrogens is 3. The molecule has 0 aliphatic heterocycles. The van der Waals surface area contributed by atoms with Crippen LogP contribution in [0.1, 0.15) is 67.3 Å². The summed E-state index contributed by atoms with van der Waals surface area (Å²) in [4.78, 5) is 19.9. The standard InChI is InChI=1S/C34H36F6N6.C2H6/c1-21-5-4-6-25-13-26(31(43-30(21)25)45(17-22-7-8-22)18-23-9-10-23)20-46(32-41-15-29(16-42-32)44(2)3)19-24-11-27(33(35,36)37)14-28(12-24)34(38,39)40;1-2/h4-6,11-16,22-23H,7-10,17-20H2,1-3H3;1-2H3. The third kappa shape index (κ3) is 8.68. The average molecular weight is 673 g/mol. The van der Waals surface area contributed by atoms with Crippen molar-refractivity contribution in [1.82, 2.24) is 15.0 Å². The van der Waals surface area contributed by atoms with E-state index in [1.165, 1.54) is 0 Å². The Morgan fingerprint density at radius 1 is 0.750 bits per heavy atom. The van der Waals surface area contributed by atoms with Crippen LogP contribution in [0.4, 0.5) is 43.8 Å². The van der Waals surface area contributed by atoms with Crippen LogP contribution in [0.15, 0.2) is 54.9 Å². The fraction of sp³-hybridized carbons (Fsp3) is 0.472. The van der Waals surface area contributed by atoms with Crippen molar-refractivity contribution in [1.29, 1.82) is 0 Å². The molecule has 0 amide bonds. The number of halogens is 6. The lowest BCUT2D eigenvalue weighted by molar-refractivity contribution is -0.143. The quantitative estimate of drug-likeness (QED) is 0.148. The van der Waals surface area contributed by atoms with Gasteiger partial charge in [0.15, 0.2) is 0 Å². The number of fused-ring (bicyclic) bond motifs is 1. The highest BCUT2D eigenvalue weighted by Gasteiger charge is 2.37. The fourth-order valence-corrected chi connectivity index (χ4v) is 5.69. The van der Waals surface area contributed by atoms with E-state index in [1.54, 1.807) is 22.2 Å². The minimum Gasteiger partial charge on any atom is -0.375 e. The van der Waals surface area contributed by atoms with Crippen molar-refractivity contribution in [2.45, 2.75) is 71.9 Å². The molecule has 2 aromatic heterocycles. The summed E-state index contributed by atoms with van der Waals surface area (Å²) in [5.41, 5.74) is 0.527. The predicted octanol–water partition coefficient (Wildman–Crippen LogP) is 9.30. The van der Waals surface area contributed by atoms with E-state index in [4.69, 9.17) is 4.98 Å². The summed E-state index contributed by atoms with van der Waals surface area (Å²) >= 11 is 0. The van der Waals surface area contributed by atoms with Crippen LogP contribution in [0.5, 0.6) is 0 Å². The van der Waals surface area contributed by atoms with Gasteiger partial charge in [0.1, 0.15) is 5.82 Å². The minimum absolute atomic E-state index is 0.122. The average Bonchev–Trinajstić information content (AvgIpc) is 3.98. The molecule has 2 aliphatic rings. The first-order valence-electron chi connectivity index (χ1n) is 16.4. The maximum atomic E-state index is 13.8. The molecule has 48 heavy (non-hydrogen) atoms. The van der Waals surface area contributed by atoms with Gasteiger partial charge in [0, 0.05) is 51.2 Å². The molecular formula is C36H42F6N6. The zero-order valence-corrected chi connectivity index (χ0v) is 28.0. The van der Waals surface area contributed by atoms with Gasteiger partial charge in [0.05, 0.1) is 34.7 Å². The van der Waals surface area contributed by atoms with Crippen LogP contribution in [0.25, 0.3) is 10.9 Å². The van der Waals surface area contributed by atoms with Crippen molar-refractivity contribution < 1.29 is 26.3 Å². The lowest BCUT2D eigenvalue weighted by Gasteiger charge is -2.30. The second-order valence-corrected chi connectivity index (χ2v) is 12.8. The monoisotopic (exact) mass is 672 g/mol. The van der Waals surface area contributed by atoms with Crippen LogP contribution >= 0.6 is 0 Å². The van der Waals surface area contributed by atoms with Gasteiger partial charge in [0.2, 0.25) is 5.95 Å². The highest BCUT2D eigenvalue weighted by molar-refractivity contribution is 5.84. The van der Waals surface area contributed by atoms with E-state index in [1.807, 2.05) is 59.1 Å². The van der Waals surface area contributed by atoms with E-state index in [9.17, 15) is 26.3 Å². The molecule has 2 fully saturated rings. The summed E-state index contributed by atoms with van der Waals surface area (Å²) in [6, 6.07) is 9.63. The molecule has 2 heterocycles. The number of aryl methyl sites for hydroxylation is 1. The summed E-state index contributed by atoms with van der Waals surface area (Å²) in [5.74, 6) is 2.12. The Kier molecular flexibility index (Phi) is 10.4. The summed E-state index contributed by atoms with van der Waals surface area (Å²) < 4.78 is 82.7. The Bertz CT molecular complexity index is 1650. The number of para-hydroxylation sites is 1. The number of rotatable bonds is 11. The highest BCUT2D eigenvalue weighted by atomic mass is 19.4. The molecule has 2 aliphatic carbocycles.